The van der Waals surface area contributed by atoms with Crippen molar-refractivity contribution in [1.82, 2.24) is 0 Å². The van der Waals surface area contributed by atoms with E-state index in [4.69, 9.17) is 14.0 Å². The monoisotopic (exact) mass is 298 g/mol. The van der Waals surface area contributed by atoms with Crippen LogP contribution in [0.2, 0.25) is 0 Å². The molecule has 0 rings (SSSR count). The van der Waals surface area contributed by atoms with E-state index in [1.165, 1.54) is 0 Å². The van der Waals surface area contributed by atoms with Crippen LogP contribution in [0.25, 0.3) is 0 Å². The van der Waals surface area contributed by atoms with Gasteiger partial charge in [0.1, 0.15) is 6.54 Å². The number of nitrogens with zero attached hydrogens (tertiary/aromatic N) is 1. The second-order valence-electron chi connectivity index (χ2n) is 4.98. The van der Waals surface area contributed by atoms with Gasteiger partial charge in [-0.2, -0.15) is 8.42 Å². The topological polar surface area (TPSA) is 72.8 Å². The number of unbranched alkanes of at least 4 members (excludes halogenated alkanes) is 1. The van der Waals surface area contributed by atoms with Crippen molar-refractivity contribution in [1.29, 1.82) is 0 Å². The summed E-state index contributed by atoms with van der Waals surface area (Å²) in [6, 6.07) is 0. The van der Waals surface area contributed by atoms with Gasteiger partial charge in [-0.1, -0.05) is 0 Å². The predicted octanol–water partition coefficient (Wildman–Crippen LogP) is 0.784. The SMILES string of the molecule is CC[N+](C)(CCCCS(=O)(=O)O)CCOCCOC. The molecule has 0 aromatic carbocycles. The third-order valence-electron chi connectivity index (χ3n) is 3.32. The molecule has 0 heterocycles. The molecule has 0 saturated carbocycles. The van der Waals surface area contributed by atoms with Gasteiger partial charge in [0.2, 0.25) is 0 Å². The van der Waals surface area contributed by atoms with E-state index in [0.29, 0.717) is 26.2 Å². The molecule has 6 nitrogen and oxygen atoms in total. The van der Waals surface area contributed by atoms with Crippen LogP contribution in [-0.2, 0) is 19.6 Å². The van der Waals surface area contributed by atoms with Gasteiger partial charge in [0.15, 0.2) is 0 Å². The van der Waals surface area contributed by atoms with Crippen molar-refractivity contribution in [2.45, 2.75) is 19.8 Å². The third kappa shape index (κ3) is 11.3. The van der Waals surface area contributed by atoms with Gasteiger partial charge in [-0.25, -0.2) is 0 Å². The van der Waals surface area contributed by atoms with E-state index in [9.17, 15) is 8.42 Å². The lowest BCUT2D eigenvalue weighted by molar-refractivity contribution is -0.908. The molecule has 0 spiro atoms. The normalized spacial score (nSPS) is 15.4. The summed E-state index contributed by atoms with van der Waals surface area (Å²) in [5.74, 6) is -0.152. The van der Waals surface area contributed by atoms with E-state index in [0.717, 1.165) is 30.5 Å². The molecule has 0 aromatic heterocycles. The van der Waals surface area contributed by atoms with E-state index < -0.39 is 10.1 Å². The molecule has 7 heteroatoms. The number of quaternary nitrogens is 1. The van der Waals surface area contributed by atoms with Gasteiger partial charge >= 0.3 is 0 Å². The number of rotatable bonds is 12. The van der Waals surface area contributed by atoms with Crippen molar-refractivity contribution in [3.8, 4) is 0 Å². The van der Waals surface area contributed by atoms with Crippen LogP contribution in [0, 0.1) is 0 Å². The zero-order valence-corrected chi connectivity index (χ0v) is 13.1. The maximum atomic E-state index is 10.6. The van der Waals surface area contributed by atoms with Crippen LogP contribution < -0.4 is 0 Å². The quantitative estimate of drug-likeness (QED) is 0.327. The fourth-order valence-corrected chi connectivity index (χ4v) is 2.30. The lowest BCUT2D eigenvalue weighted by Crippen LogP contribution is -2.47. The van der Waals surface area contributed by atoms with E-state index in [1.807, 2.05) is 0 Å². The zero-order chi connectivity index (χ0) is 14.8. The highest BCUT2D eigenvalue weighted by atomic mass is 32.2. The summed E-state index contributed by atoms with van der Waals surface area (Å²) in [5.41, 5.74) is 0. The average Bonchev–Trinajstić information content (AvgIpc) is 2.33. The minimum absolute atomic E-state index is 0.152. The van der Waals surface area contributed by atoms with Crippen LogP contribution >= 0.6 is 0 Å². The van der Waals surface area contributed by atoms with Gasteiger partial charge in [-0.3, -0.25) is 4.55 Å². The maximum absolute atomic E-state index is 10.6. The predicted molar refractivity (Wildman–Crippen MR) is 74.8 cm³/mol. The molecule has 0 fully saturated rings. The maximum Gasteiger partial charge on any atom is 0.264 e. The third-order valence-corrected chi connectivity index (χ3v) is 4.13. The molecule has 0 amide bonds. The molecule has 0 bridgehead atoms. The Morgan fingerprint density at radius 3 is 2.32 bits per heavy atom. The lowest BCUT2D eigenvalue weighted by Gasteiger charge is -2.33. The van der Waals surface area contributed by atoms with E-state index >= 15 is 0 Å². The largest absolute Gasteiger partial charge is 0.382 e. The van der Waals surface area contributed by atoms with E-state index in [1.54, 1.807) is 7.11 Å². The number of ether oxygens (including phenoxy) is 2. The second-order valence-corrected chi connectivity index (χ2v) is 6.55. The Morgan fingerprint density at radius 1 is 1.11 bits per heavy atom. The number of likely N-dealkylation sites (N-methyl/N-ethyl adjacent to an activating group) is 1. The summed E-state index contributed by atoms with van der Waals surface area (Å²) in [5, 5.41) is 0. The Morgan fingerprint density at radius 2 is 1.79 bits per heavy atom. The fraction of sp³-hybridized carbons (Fsp3) is 1.00. The van der Waals surface area contributed by atoms with Crippen molar-refractivity contribution in [3.63, 3.8) is 0 Å². The Hall–Kier alpha value is -0.210. The Bertz CT molecular complexity index is 320. The molecule has 0 aliphatic rings. The molecule has 1 N–H and O–H groups in total. The average molecular weight is 298 g/mol. The van der Waals surface area contributed by atoms with E-state index in [2.05, 4.69) is 14.0 Å². The summed E-state index contributed by atoms with van der Waals surface area (Å²) < 4.78 is 41.1. The zero-order valence-electron chi connectivity index (χ0n) is 12.3. The van der Waals surface area contributed by atoms with Gasteiger partial charge in [0, 0.05) is 7.11 Å². The molecule has 1 atom stereocenters. The Labute approximate surface area is 117 Å². The van der Waals surface area contributed by atoms with Gasteiger partial charge in [0.05, 0.1) is 45.7 Å². The summed E-state index contributed by atoms with van der Waals surface area (Å²) in [6.45, 7) is 6.74. The first-order valence-electron chi connectivity index (χ1n) is 6.68. The summed E-state index contributed by atoms with van der Waals surface area (Å²) in [4.78, 5) is 0. The van der Waals surface area contributed by atoms with Crippen LogP contribution in [0.5, 0.6) is 0 Å². The molecule has 0 aromatic rings. The molecule has 0 saturated heterocycles. The minimum Gasteiger partial charge on any atom is -0.382 e. The molecular weight excluding hydrogens is 270 g/mol. The molecule has 1 unspecified atom stereocenters. The molecular formula is C12H28NO5S+. The summed E-state index contributed by atoms with van der Waals surface area (Å²) >= 11 is 0. The van der Waals surface area contributed by atoms with Crippen molar-refractivity contribution >= 4 is 10.1 Å². The summed E-state index contributed by atoms with van der Waals surface area (Å²) in [7, 11) is -0.0456. The van der Waals surface area contributed by atoms with Crippen LogP contribution in [0.4, 0.5) is 0 Å². The van der Waals surface area contributed by atoms with Crippen molar-refractivity contribution < 1.29 is 26.9 Å². The van der Waals surface area contributed by atoms with E-state index in [-0.39, 0.29) is 5.75 Å². The standard InChI is InChI=1S/C12H27NO5S/c1-4-13(2,8-9-18-11-10-17-3)7-5-6-12-19(14,15)16/h4-12H2,1-3H3/p+1. The van der Waals surface area contributed by atoms with Crippen LogP contribution in [0.3, 0.4) is 0 Å². The molecule has 0 aliphatic carbocycles. The van der Waals surface area contributed by atoms with Crippen molar-refractivity contribution in [3.05, 3.63) is 0 Å². The highest BCUT2D eigenvalue weighted by molar-refractivity contribution is 7.85. The first-order chi connectivity index (χ1) is 8.83. The van der Waals surface area contributed by atoms with Crippen molar-refractivity contribution in [2.24, 2.45) is 0 Å². The first-order valence-corrected chi connectivity index (χ1v) is 8.29. The number of hydrogen-bond donors (Lipinski definition) is 1. The first kappa shape index (κ1) is 18.8. The Kier molecular flexibility index (Phi) is 9.55. The van der Waals surface area contributed by atoms with Gasteiger partial charge in [0.25, 0.3) is 10.1 Å². The highest BCUT2D eigenvalue weighted by Gasteiger charge is 2.18. The van der Waals surface area contributed by atoms with Crippen LogP contribution in [0.1, 0.15) is 19.8 Å². The second kappa shape index (κ2) is 9.66. The van der Waals surface area contributed by atoms with Crippen molar-refractivity contribution in [2.75, 3.05) is 59.4 Å². The molecule has 19 heavy (non-hydrogen) atoms. The Balaban J connectivity index is 3.82. The van der Waals surface area contributed by atoms with Gasteiger partial charge in [-0.05, 0) is 19.8 Å². The molecule has 116 valence electrons. The van der Waals surface area contributed by atoms with Crippen LogP contribution in [0.15, 0.2) is 0 Å². The smallest absolute Gasteiger partial charge is 0.264 e. The lowest BCUT2D eigenvalue weighted by atomic mass is 10.2. The molecule has 0 aliphatic heterocycles. The number of methoxy groups -OCH3 is 1. The minimum atomic E-state index is -3.82. The number of hydrogen-bond acceptors (Lipinski definition) is 4. The molecule has 0 radical (unpaired) electrons. The van der Waals surface area contributed by atoms with Gasteiger partial charge in [-0.15, -0.1) is 0 Å². The fourth-order valence-electron chi connectivity index (χ4n) is 1.74. The van der Waals surface area contributed by atoms with Gasteiger partial charge < -0.3 is 14.0 Å². The highest BCUT2D eigenvalue weighted by Crippen LogP contribution is 2.06. The summed E-state index contributed by atoms with van der Waals surface area (Å²) in [6.07, 6.45) is 1.28. The van der Waals surface area contributed by atoms with Crippen LogP contribution in [-0.4, -0.2) is 76.8 Å².